The van der Waals surface area contributed by atoms with Crippen molar-refractivity contribution in [2.24, 2.45) is 5.92 Å². The molecule has 0 unspecified atom stereocenters. The number of hydrogen-bond donors (Lipinski definition) is 1. The second-order valence-electron chi connectivity index (χ2n) is 8.24. The molecule has 1 amide bonds. The molecule has 1 N–H and O–H groups in total. The normalized spacial score (nSPS) is 16.2. The molecule has 7 nitrogen and oxygen atoms in total. The number of carbonyl (C=O) groups is 1. The first-order valence-corrected chi connectivity index (χ1v) is 11.1. The lowest BCUT2D eigenvalue weighted by molar-refractivity contribution is -0.120. The predicted molar refractivity (Wildman–Crippen MR) is 124 cm³/mol. The lowest BCUT2D eigenvalue weighted by Gasteiger charge is -2.33. The van der Waals surface area contributed by atoms with E-state index in [2.05, 4.69) is 32.3 Å². The van der Waals surface area contributed by atoms with Crippen LogP contribution < -0.4 is 10.2 Å². The van der Waals surface area contributed by atoms with Gasteiger partial charge in [-0.3, -0.25) is 4.79 Å². The molecule has 3 heterocycles. The Labute approximate surface area is 190 Å². The van der Waals surface area contributed by atoms with Crippen LogP contribution in [0.2, 0.25) is 0 Å². The van der Waals surface area contributed by atoms with Gasteiger partial charge < -0.3 is 14.7 Å². The fraction of sp³-hybridized carbons (Fsp3) is 0.280. The highest BCUT2D eigenvalue weighted by Crippen LogP contribution is 2.35. The van der Waals surface area contributed by atoms with Gasteiger partial charge in [-0.05, 0) is 61.2 Å². The number of rotatable bonds is 5. The van der Waals surface area contributed by atoms with Gasteiger partial charge in [0.05, 0.1) is 5.92 Å². The van der Waals surface area contributed by atoms with Gasteiger partial charge in [0.15, 0.2) is 0 Å². The predicted octanol–water partition coefficient (Wildman–Crippen LogP) is 4.84. The van der Waals surface area contributed by atoms with Crippen LogP contribution in [0.25, 0.3) is 22.4 Å². The molecular formula is C25H24FN5O2. The Balaban J connectivity index is 1.40. The van der Waals surface area contributed by atoms with Gasteiger partial charge in [-0.25, -0.2) is 9.37 Å². The SMILES string of the molecule is CCc1ccc(NC(=O)[C@@H]2CCCN(c3ncnc4onc(-c5ccc(F)cc5)c34)C2)cc1. The first kappa shape index (κ1) is 21.1. The molecule has 0 bridgehead atoms. The van der Waals surface area contributed by atoms with Crippen molar-refractivity contribution in [3.63, 3.8) is 0 Å². The van der Waals surface area contributed by atoms with E-state index in [1.165, 1.54) is 24.0 Å². The van der Waals surface area contributed by atoms with Crippen LogP contribution in [0.5, 0.6) is 0 Å². The van der Waals surface area contributed by atoms with Crippen molar-refractivity contribution < 1.29 is 13.7 Å². The summed E-state index contributed by atoms with van der Waals surface area (Å²) in [5.74, 6) is 0.171. The van der Waals surface area contributed by atoms with Crippen LogP contribution in [0.15, 0.2) is 59.4 Å². The van der Waals surface area contributed by atoms with Crippen LogP contribution in [0, 0.1) is 11.7 Å². The average molecular weight is 445 g/mol. The van der Waals surface area contributed by atoms with Crippen molar-refractivity contribution in [1.82, 2.24) is 15.1 Å². The van der Waals surface area contributed by atoms with Gasteiger partial charge in [0.25, 0.3) is 5.71 Å². The number of halogens is 1. The highest BCUT2D eigenvalue weighted by Gasteiger charge is 2.29. The minimum Gasteiger partial charge on any atom is -0.355 e. The molecule has 1 fully saturated rings. The highest BCUT2D eigenvalue weighted by atomic mass is 19.1. The molecule has 4 aromatic rings. The molecule has 168 valence electrons. The van der Waals surface area contributed by atoms with Crippen molar-refractivity contribution in [3.8, 4) is 11.3 Å². The second-order valence-corrected chi connectivity index (χ2v) is 8.24. The third kappa shape index (κ3) is 4.28. The second kappa shape index (κ2) is 8.97. The minimum atomic E-state index is -0.322. The molecule has 2 aromatic heterocycles. The van der Waals surface area contributed by atoms with E-state index in [1.54, 1.807) is 12.1 Å². The molecule has 0 aliphatic carbocycles. The summed E-state index contributed by atoms with van der Waals surface area (Å²) < 4.78 is 18.8. The Kier molecular flexibility index (Phi) is 5.73. The van der Waals surface area contributed by atoms with Gasteiger partial charge in [0.1, 0.15) is 29.0 Å². The van der Waals surface area contributed by atoms with E-state index in [1.807, 2.05) is 24.3 Å². The van der Waals surface area contributed by atoms with Crippen LogP contribution in [0.4, 0.5) is 15.9 Å². The van der Waals surface area contributed by atoms with Crippen molar-refractivity contribution in [2.45, 2.75) is 26.2 Å². The van der Waals surface area contributed by atoms with Crippen molar-refractivity contribution >= 4 is 28.5 Å². The number of hydrogen-bond acceptors (Lipinski definition) is 6. The zero-order valence-electron chi connectivity index (χ0n) is 18.3. The lowest BCUT2D eigenvalue weighted by Crippen LogP contribution is -2.41. The van der Waals surface area contributed by atoms with Crippen molar-refractivity contribution in [1.29, 1.82) is 0 Å². The van der Waals surface area contributed by atoms with Crippen molar-refractivity contribution in [2.75, 3.05) is 23.3 Å². The number of anilines is 2. The summed E-state index contributed by atoms with van der Waals surface area (Å²) in [6.07, 6.45) is 4.06. The number of nitrogens with one attached hydrogen (secondary N) is 1. The van der Waals surface area contributed by atoms with Crippen LogP contribution in [0.1, 0.15) is 25.3 Å². The summed E-state index contributed by atoms with van der Waals surface area (Å²) in [5.41, 5.74) is 3.67. The lowest BCUT2D eigenvalue weighted by atomic mass is 9.96. The standard InChI is InChI=1S/C25H24FN5O2/c1-2-16-5-11-20(12-6-16)29-24(32)18-4-3-13-31(14-18)23-21-22(17-7-9-19(26)10-8-17)30-33-25(21)28-15-27-23/h5-12,15,18H,2-4,13-14H2,1H3,(H,29,32)/t18-/m1/s1. The molecule has 8 heteroatoms. The van der Waals surface area contributed by atoms with E-state index >= 15 is 0 Å². The van der Waals surface area contributed by atoms with Gasteiger partial charge in [-0.1, -0.05) is 24.2 Å². The fourth-order valence-electron chi connectivity index (χ4n) is 4.27. The van der Waals surface area contributed by atoms with Gasteiger partial charge in [-0.2, -0.15) is 4.98 Å². The number of carbonyl (C=O) groups excluding carboxylic acids is 1. The van der Waals surface area contributed by atoms with Gasteiger partial charge in [0, 0.05) is 24.3 Å². The molecular weight excluding hydrogens is 421 g/mol. The van der Waals surface area contributed by atoms with E-state index in [-0.39, 0.29) is 17.6 Å². The van der Waals surface area contributed by atoms with Crippen molar-refractivity contribution in [3.05, 3.63) is 66.2 Å². The number of nitrogens with zero attached hydrogens (tertiary/aromatic N) is 4. The summed E-state index contributed by atoms with van der Waals surface area (Å²) in [6.45, 7) is 3.39. The quantitative estimate of drug-likeness (QED) is 0.473. The number of benzene rings is 2. The zero-order valence-corrected chi connectivity index (χ0v) is 18.3. The fourth-order valence-corrected chi connectivity index (χ4v) is 4.27. The maximum atomic E-state index is 13.4. The topological polar surface area (TPSA) is 84.2 Å². The van der Waals surface area contributed by atoms with E-state index < -0.39 is 0 Å². The van der Waals surface area contributed by atoms with E-state index in [9.17, 15) is 9.18 Å². The highest BCUT2D eigenvalue weighted by molar-refractivity contribution is 5.98. The average Bonchev–Trinajstić information content (AvgIpc) is 3.29. The van der Waals surface area contributed by atoms with E-state index in [0.717, 1.165) is 31.5 Å². The first-order valence-electron chi connectivity index (χ1n) is 11.1. The Hall–Kier alpha value is -3.81. The van der Waals surface area contributed by atoms with Gasteiger partial charge >= 0.3 is 0 Å². The van der Waals surface area contributed by atoms with Crippen LogP contribution in [0.3, 0.4) is 0 Å². The Bertz CT molecular complexity index is 1270. The number of piperidine rings is 1. The van der Waals surface area contributed by atoms with E-state index in [4.69, 9.17) is 4.52 Å². The maximum absolute atomic E-state index is 13.4. The van der Waals surface area contributed by atoms with Crippen LogP contribution in [-0.4, -0.2) is 34.1 Å². The molecule has 1 atom stereocenters. The summed E-state index contributed by atoms with van der Waals surface area (Å²) >= 11 is 0. The molecule has 0 radical (unpaired) electrons. The number of aromatic nitrogens is 3. The summed E-state index contributed by atoms with van der Waals surface area (Å²) in [4.78, 5) is 23.8. The Morgan fingerprint density at radius 1 is 1.15 bits per heavy atom. The molecule has 1 aliphatic heterocycles. The third-order valence-electron chi connectivity index (χ3n) is 6.09. The van der Waals surface area contributed by atoms with Gasteiger partial charge in [-0.15, -0.1) is 0 Å². The molecule has 0 spiro atoms. The summed E-state index contributed by atoms with van der Waals surface area (Å²) in [7, 11) is 0. The summed E-state index contributed by atoms with van der Waals surface area (Å²) in [5, 5.41) is 7.88. The molecule has 5 rings (SSSR count). The first-order chi connectivity index (χ1) is 16.1. The monoisotopic (exact) mass is 445 g/mol. The molecule has 0 saturated carbocycles. The van der Waals surface area contributed by atoms with Gasteiger partial charge in [0.2, 0.25) is 5.91 Å². The van der Waals surface area contributed by atoms with E-state index in [0.29, 0.717) is 34.7 Å². The number of fused-ring (bicyclic) bond motifs is 1. The smallest absolute Gasteiger partial charge is 0.263 e. The molecule has 2 aromatic carbocycles. The number of aryl methyl sites for hydroxylation is 1. The Morgan fingerprint density at radius 2 is 1.94 bits per heavy atom. The van der Waals surface area contributed by atoms with Crippen LogP contribution >= 0.6 is 0 Å². The molecule has 33 heavy (non-hydrogen) atoms. The largest absolute Gasteiger partial charge is 0.355 e. The van der Waals surface area contributed by atoms with Crippen LogP contribution in [-0.2, 0) is 11.2 Å². The third-order valence-corrected chi connectivity index (χ3v) is 6.09. The number of amides is 1. The Morgan fingerprint density at radius 3 is 2.70 bits per heavy atom. The zero-order chi connectivity index (χ0) is 22.8. The summed E-state index contributed by atoms with van der Waals surface area (Å²) in [6, 6.07) is 14.0. The molecule has 1 aliphatic rings. The maximum Gasteiger partial charge on any atom is 0.263 e. The minimum absolute atomic E-state index is 0.00155. The molecule has 1 saturated heterocycles.